The lowest BCUT2D eigenvalue weighted by atomic mass is 9.74. The topological polar surface area (TPSA) is 70.9 Å². The molecule has 1 atom stereocenters. The number of aliphatic hydroxyl groups is 1. The minimum Gasteiger partial charge on any atom is -0.388 e. The van der Waals surface area contributed by atoms with Crippen LogP contribution in [-0.2, 0) is 6.42 Å². The summed E-state index contributed by atoms with van der Waals surface area (Å²) in [6, 6.07) is 3.94. The van der Waals surface area contributed by atoms with Gasteiger partial charge >= 0.3 is 0 Å². The smallest absolute Gasteiger partial charge is 0.160 e. The molecule has 2 aliphatic rings. The Labute approximate surface area is 148 Å². The average Bonchev–Trinajstić information content (AvgIpc) is 2.61. The molecule has 4 rings (SSSR count). The summed E-state index contributed by atoms with van der Waals surface area (Å²) in [4.78, 5) is 14.0. The fraction of sp³-hybridized carbons (Fsp3) is 0.550. The van der Waals surface area contributed by atoms with Gasteiger partial charge in [-0.15, -0.1) is 0 Å². The van der Waals surface area contributed by atoms with E-state index in [2.05, 4.69) is 35.2 Å². The van der Waals surface area contributed by atoms with Crippen molar-refractivity contribution in [3.05, 3.63) is 41.5 Å². The normalized spacial score (nSPS) is 23.2. The van der Waals surface area contributed by atoms with E-state index in [1.165, 1.54) is 0 Å². The number of aromatic nitrogens is 3. The van der Waals surface area contributed by atoms with E-state index in [4.69, 9.17) is 4.98 Å². The van der Waals surface area contributed by atoms with Crippen LogP contribution in [0.15, 0.2) is 24.5 Å². The van der Waals surface area contributed by atoms with E-state index in [1.807, 2.05) is 6.07 Å². The number of aliphatic hydroxyl groups excluding tert-OH is 1. The molecule has 1 aliphatic heterocycles. The first-order valence-corrected chi connectivity index (χ1v) is 9.23. The number of fused-ring (bicyclic) bond motifs is 1. The van der Waals surface area contributed by atoms with Gasteiger partial charge in [0.1, 0.15) is 0 Å². The second-order valence-electron chi connectivity index (χ2n) is 8.11. The Morgan fingerprint density at radius 3 is 2.60 bits per heavy atom. The molecule has 5 heteroatoms. The van der Waals surface area contributed by atoms with Crippen LogP contribution >= 0.6 is 0 Å². The number of nitrogens with zero attached hydrogens (tertiary/aromatic N) is 3. The predicted octanol–water partition coefficient (Wildman–Crippen LogP) is 3.01. The second kappa shape index (κ2) is 6.46. The van der Waals surface area contributed by atoms with Gasteiger partial charge in [-0.2, -0.15) is 0 Å². The van der Waals surface area contributed by atoms with Crippen LogP contribution in [0.2, 0.25) is 0 Å². The quantitative estimate of drug-likeness (QED) is 0.881. The summed E-state index contributed by atoms with van der Waals surface area (Å²) in [5, 5.41) is 14.1. The highest BCUT2D eigenvalue weighted by Gasteiger charge is 2.34. The molecule has 0 saturated carbocycles. The molecular formula is C20H26N4O. The highest BCUT2D eigenvalue weighted by Crippen LogP contribution is 2.43. The van der Waals surface area contributed by atoms with Gasteiger partial charge in [0.2, 0.25) is 0 Å². The Kier molecular flexibility index (Phi) is 4.29. The first kappa shape index (κ1) is 16.6. The van der Waals surface area contributed by atoms with Crippen molar-refractivity contribution in [2.75, 3.05) is 13.1 Å². The molecule has 1 aliphatic carbocycles. The Bertz CT molecular complexity index is 754. The maximum atomic E-state index is 10.7. The first-order chi connectivity index (χ1) is 12.0. The van der Waals surface area contributed by atoms with Crippen LogP contribution in [0.3, 0.4) is 0 Å². The standard InChI is InChI=1S/C20H26N4O/c1-20(2)11-16-14(17(25)12-20)10-15(19-22-6-3-7-23-19)18(24-16)13-4-8-21-9-5-13/h3,6-7,10,13,17,21,25H,4-5,8-9,11-12H2,1-2H3. The molecule has 0 aromatic carbocycles. The fourth-order valence-electron chi connectivity index (χ4n) is 4.20. The van der Waals surface area contributed by atoms with Crippen LogP contribution in [0.25, 0.3) is 11.4 Å². The molecule has 0 radical (unpaired) electrons. The van der Waals surface area contributed by atoms with Crippen molar-refractivity contribution < 1.29 is 5.11 Å². The number of hydrogen-bond acceptors (Lipinski definition) is 5. The molecule has 2 aromatic rings. The van der Waals surface area contributed by atoms with Crippen LogP contribution < -0.4 is 5.32 Å². The van der Waals surface area contributed by atoms with Crippen LogP contribution in [0.1, 0.15) is 62.1 Å². The zero-order valence-corrected chi connectivity index (χ0v) is 15.0. The minimum atomic E-state index is -0.462. The van der Waals surface area contributed by atoms with E-state index in [-0.39, 0.29) is 5.41 Å². The second-order valence-corrected chi connectivity index (χ2v) is 8.11. The van der Waals surface area contributed by atoms with Crippen LogP contribution in [0, 0.1) is 5.41 Å². The Balaban J connectivity index is 1.85. The third-order valence-electron chi connectivity index (χ3n) is 5.45. The van der Waals surface area contributed by atoms with Gasteiger partial charge in [0.05, 0.1) is 11.8 Å². The van der Waals surface area contributed by atoms with Crippen molar-refractivity contribution in [1.29, 1.82) is 0 Å². The monoisotopic (exact) mass is 338 g/mol. The fourth-order valence-corrected chi connectivity index (χ4v) is 4.20. The molecule has 0 bridgehead atoms. The maximum absolute atomic E-state index is 10.7. The molecule has 132 valence electrons. The van der Waals surface area contributed by atoms with Gasteiger partial charge in [0.15, 0.2) is 5.82 Å². The summed E-state index contributed by atoms with van der Waals surface area (Å²) in [5.74, 6) is 1.14. The molecule has 0 amide bonds. The van der Waals surface area contributed by atoms with E-state index < -0.39 is 6.10 Å². The lowest BCUT2D eigenvalue weighted by molar-refractivity contribution is 0.0980. The molecule has 1 saturated heterocycles. The van der Waals surface area contributed by atoms with Crippen molar-refractivity contribution in [3.63, 3.8) is 0 Å². The summed E-state index contributed by atoms with van der Waals surface area (Å²) >= 11 is 0. The summed E-state index contributed by atoms with van der Waals surface area (Å²) in [5.41, 5.74) is 4.19. The van der Waals surface area contributed by atoms with E-state index in [0.29, 0.717) is 11.7 Å². The summed E-state index contributed by atoms with van der Waals surface area (Å²) in [7, 11) is 0. The van der Waals surface area contributed by atoms with E-state index in [0.717, 1.165) is 61.3 Å². The average molecular weight is 338 g/mol. The van der Waals surface area contributed by atoms with Gasteiger partial charge in [0.25, 0.3) is 0 Å². The predicted molar refractivity (Wildman–Crippen MR) is 97.2 cm³/mol. The minimum absolute atomic E-state index is 0.0789. The molecule has 25 heavy (non-hydrogen) atoms. The zero-order valence-electron chi connectivity index (χ0n) is 15.0. The lowest BCUT2D eigenvalue weighted by Gasteiger charge is -2.35. The summed E-state index contributed by atoms with van der Waals surface area (Å²) < 4.78 is 0. The summed E-state index contributed by atoms with van der Waals surface area (Å²) in [6.45, 7) is 6.46. The van der Waals surface area contributed by atoms with Crippen molar-refractivity contribution >= 4 is 0 Å². The highest BCUT2D eigenvalue weighted by molar-refractivity contribution is 5.61. The molecular weight excluding hydrogens is 312 g/mol. The van der Waals surface area contributed by atoms with Gasteiger partial charge in [0, 0.05) is 35.1 Å². The molecule has 2 aromatic heterocycles. The number of piperidine rings is 1. The third-order valence-corrected chi connectivity index (χ3v) is 5.45. The SMILES string of the molecule is CC1(C)Cc2nc(C3CCNCC3)c(-c3ncccn3)cc2C(O)C1. The number of pyridine rings is 1. The van der Waals surface area contributed by atoms with Crippen molar-refractivity contribution in [3.8, 4) is 11.4 Å². The van der Waals surface area contributed by atoms with Crippen molar-refractivity contribution in [2.24, 2.45) is 5.41 Å². The number of nitrogens with one attached hydrogen (secondary N) is 1. The van der Waals surface area contributed by atoms with Crippen LogP contribution in [0.5, 0.6) is 0 Å². The van der Waals surface area contributed by atoms with Gasteiger partial charge in [-0.25, -0.2) is 9.97 Å². The van der Waals surface area contributed by atoms with Gasteiger partial charge in [-0.05, 0) is 56.3 Å². The molecule has 2 N–H and O–H groups in total. The third kappa shape index (κ3) is 3.31. The van der Waals surface area contributed by atoms with E-state index >= 15 is 0 Å². The molecule has 3 heterocycles. The van der Waals surface area contributed by atoms with Crippen LogP contribution in [0.4, 0.5) is 0 Å². The number of rotatable bonds is 2. The van der Waals surface area contributed by atoms with Crippen molar-refractivity contribution in [1.82, 2.24) is 20.3 Å². The zero-order chi connectivity index (χ0) is 17.4. The van der Waals surface area contributed by atoms with Gasteiger partial charge < -0.3 is 10.4 Å². The Morgan fingerprint density at radius 2 is 1.88 bits per heavy atom. The Morgan fingerprint density at radius 1 is 1.16 bits per heavy atom. The molecule has 0 spiro atoms. The van der Waals surface area contributed by atoms with Crippen molar-refractivity contribution in [2.45, 2.75) is 51.6 Å². The summed E-state index contributed by atoms with van der Waals surface area (Å²) in [6.07, 6.45) is 6.92. The van der Waals surface area contributed by atoms with Crippen LogP contribution in [-0.4, -0.2) is 33.1 Å². The largest absolute Gasteiger partial charge is 0.388 e. The molecule has 5 nitrogen and oxygen atoms in total. The molecule has 1 fully saturated rings. The highest BCUT2D eigenvalue weighted by atomic mass is 16.3. The first-order valence-electron chi connectivity index (χ1n) is 9.23. The van der Waals surface area contributed by atoms with E-state index in [1.54, 1.807) is 12.4 Å². The number of hydrogen-bond donors (Lipinski definition) is 2. The van der Waals surface area contributed by atoms with Gasteiger partial charge in [-0.3, -0.25) is 4.98 Å². The Hall–Kier alpha value is -1.85. The maximum Gasteiger partial charge on any atom is 0.160 e. The van der Waals surface area contributed by atoms with E-state index in [9.17, 15) is 5.11 Å². The molecule has 1 unspecified atom stereocenters. The lowest BCUT2D eigenvalue weighted by Crippen LogP contribution is -2.30. The van der Waals surface area contributed by atoms with Gasteiger partial charge in [-0.1, -0.05) is 13.8 Å².